The fraction of sp³-hybridized carbons (Fsp3) is 0.267. The van der Waals surface area contributed by atoms with Gasteiger partial charge in [0.05, 0.1) is 5.69 Å². The average Bonchev–Trinajstić information content (AvgIpc) is 2.27. The molecule has 2 aromatic carbocycles. The third kappa shape index (κ3) is 3.37. The molecule has 2 N–H and O–H groups in total. The highest BCUT2D eigenvalue weighted by molar-refractivity contribution is 5.94. The number of phenols is 1. The van der Waals surface area contributed by atoms with Gasteiger partial charge in [0.25, 0.3) is 0 Å². The first kappa shape index (κ1) is 13.2. The van der Waals surface area contributed by atoms with E-state index in [2.05, 4.69) is 5.32 Å². The molecule has 19 heavy (non-hydrogen) atoms. The van der Waals surface area contributed by atoms with Crippen molar-refractivity contribution in [3.63, 3.8) is 0 Å². The molecule has 0 aliphatic rings. The van der Waals surface area contributed by atoms with Crippen molar-refractivity contribution >= 4 is 22.6 Å². The Bertz CT molecular complexity index is 614. The molecule has 1 amide bonds. The second-order valence-corrected chi connectivity index (χ2v) is 5.34. The first-order valence-corrected chi connectivity index (χ1v) is 6.07. The van der Waals surface area contributed by atoms with E-state index in [1.54, 1.807) is 32.9 Å². The third-order valence-corrected chi connectivity index (χ3v) is 2.50. The smallest absolute Gasteiger partial charge is 0.412 e. The summed E-state index contributed by atoms with van der Waals surface area (Å²) < 4.78 is 5.15. The number of phenolic OH excluding ortho intramolecular Hbond substituents is 1. The van der Waals surface area contributed by atoms with Gasteiger partial charge in [-0.3, -0.25) is 5.32 Å². The van der Waals surface area contributed by atoms with Crippen molar-refractivity contribution in [3.05, 3.63) is 36.4 Å². The maximum Gasteiger partial charge on any atom is 0.412 e. The first-order valence-electron chi connectivity index (χ1n) is 6.07. The summed E-state index contributed by atoms with van der Waals surface area (Å²) in [4.78, 5) is 11.7. The van der Waals surface area contributed by atoms with Gasteiger partial charge < -0.3 is 9.84 Å². The number of hydrogen-bond donors (Lipinski definition) is 2. The van der Waals surface area contributed by atoms with Gasteiger partial charge in [0.2, 0.25) is 0 Å². The minimum atomic E-state index is -0.585. The van der Waals surface area contributed by atoms with E-state index in [1.807, 2.05) is 24.3 Å². The molecule has 4 heteroatoms. The summed E-state index contributed by atoms with van der Waals surface area (Å²) in [6.07, 6.45) is -0.585. The summed E-state index contributed by atoms with van der Waals surface area (Å²) in [5.41, 5.74) is -0.232. The monoisotopic (exact) mass is 259 g/mol. The van der Waals surface area contributed by atoms with Crippen molar-refractivity contribution in [3.8, 4) is 5.75 Å². The molecule has 0 aliphatic carbocycles. The van der Waals surface area contributed by atoms with Gasteiger partial charge in [0.15, 0.2) is 0 Å². The minimum absolute atomic E-state index is 0.0181. The molecular formula is C15H17NO3. The number of amides is 1. The Morgan fingerprint density at radius 3 is 2.32 bits per heavy atom. The van der Waals surface area contributed by atoms with Crippen LogP contribution in [0.3, 0.4) is 0 Å². The summed E-state index contributed by atoms with van der Waals surface area (Å²) in [6.45, 7) is 5.35. The average molecular weight is 259 g/mol. The van der Waals surface area contributed by atoms with Crippen LogP contribution in [0.2, 0.25) is 0 Å². The zero-order valence-electron chi connectivity index (χ0n) is 11.2. The second-order valence-electron chi connectivity index (χ2n) is 5.34. The number of nitrogens with one attached hydrogen (secondary N) is 1. The van der Waals surface area contributed by atoms with Crippen LogP contribution in [-0.2, 0) is 4.74 Å². The van der Waals surface area contributed by atoms with Crippen molar-refractivity contribution < 1.29 is 14.6 Å². The number of benzene rings is 2. The van der Waals surface area contributed by atoms with Gasteiger partial charge in [-0.1, -0.05) is 24.3 Å². The van der Waals surface area contributed by atoms with E-state index >= 15 is 0 Å². The Labute approximate surface area is 112 Å². The standard InChI is InChI=1S/C15H17NO3/c1-15(2,3)19-14(18)16-12-8-10-6-4-5-7-11(10)9-13(12)17/h4-9,17H,1-3H3,(H,16,18). The third-order valence-electron chi connectivity index (χ3n) is 2.50. The van der Waals surface area contributed by atoms with Gasteiger partial charge in [-0.25, -0.2) is 4.79 Å². The van der Waals surface area contributed by atoms with Crippen LogP contribution >= 0.6 is 0 Å². The van der Waals surface area contributed by atoms with E-state index in [4.69, 9.17) is 4.74 Å². The van der Waals surface area contributed by atoms with Crippen molar-refractivity contribution in [2.75, 3.05) is 5.32 Å². The first-order chi connectivity index (χ1) is 8.85. The molecule has 0 bridgehead atoms. The molecule has 0 radical (unpaired) electrons. The highest BCUT2D eigenvalue weighted by Crippen LogP contribution is 2.29. The van der Waals surface area contributed by atoms with Crippen LogP contribution in [0.25, 0.3) is 10.8 Å². The molecule has 2 rings (SSSR count). The predicted molar refractivity (Wildman–Crippen MR) is 75.5 cm³/mol. The topological polar surface area (TPSA) is 58.6 Å². The molecule has 2 aromatic rings. The number of ether oxygens (including phenoxy) is 1. The van der Waals surface area contributed by atoms with Crippen molar-refractivity contribution in [2.45, 2.75) is 26.4 Å². The zero-order chi connectivity index (χ0) is 14.0. The predicted octanol–water partition coefficient (Wildman–Crippen LogP) is 3.89. The SMILES string of the molecule is CC(C)(C)OC(=O)Nc1cc2ccccc2cc1O. The van der Waals surface area contributed by atoms with Gasteiger partial charge in [-0.15, -0.1) is 0 Å². The molecule has 0 heterocycles. The lowest BCUT2D eigenvalue weighted by Crippen LogP contribution is -2.27. The van der Waals surface area contributed by atoms with Gasteiger partial charge >= 0.3 is 6.09 Å². The number of carbonyl (C=O) groups excluding carboxylic acids is 1. The van der Waals surface area contributed by atoms with Crippen LogP contribution in [0.4, 0.5) is 10.5 Å². The fourth-order valence-electron chi connectivity index (χ4n) is 1.74. The molecule has 4 nitrogen and oxygen atoms in total. The van der Waals surface area contributed by atoms with Crippen LogP contribution in [-0.4, -0.2) is 16.8 Å². The highest BCUT2D eigenvalue weighted by atomic mass is 16.6. The molecule has 0 fully saturated rings. The zero-order valence-corrected chi connectivity index (χ0v) is 11.2. The highest BCUT2D eigenvalue weighted by Gasteiger charge is 2.17. The van der Waals surface area contributed by atoms with Crippen molar-refractivity contribution in [1.82, 2.24) is 0 Å². The lowest BCUT2D eigenvalue weighted by atomic mass is 10.1. The Morgan fingerprint density at radius 2 is 1.74 bits per heavy atom. The maximum absolute atomic E-state index is 11.7. The number of aromatic hydroxyl groups is 1. The van der Waals surface area contributed by atoms with Gasteiger partial charge in [-0.2, -0.15) is 0 Å². The van der Waals surface area contributed by atoms with Crippen LogP contribution in [0.15, 0.2) is 36.4 Å². The summed E-state index contributed by atoms with van der Waals surface area (Å²) in [6, 6.07) is 10.9. The lowest BCUT2D eigenvalue weighted by Gasteiger charge is -2.20. The van der Waals surface area contributed by atoms with Crippen LogP contribution in [0.5, 0.6) is 5.75 Å². The molecule has 0 aromatic heterocycles. The quantitative estimate of drug-likeness (QED) is 0.764. The molecule has 0 unspecified atom stereocenters. The van der Waals surface area contributed by atoms with E-state index in [1.165, 1.54) is 0 Å². The van der Waals surface area contributed by atoms with Crippen LogP contribution < -0.4 is 5.32 Å². The summed E-state index contributed by atoms with van der Waals surface area (Å²) in [5, 5.41) is 14.3. The maximum atomic E-state index is 11.7. The Morgan fingerprint density at radius 1 is 1.16 bits per heavy atom. The number of rotatable bonds is 1. The number of anilines is 1. The Hall–Kier alpha value is -2.23. The Kier molecular flexibility index (Phi) is 3.34. The van der Waals surface area contributed by atoms with Gasteiger partial charge in [-0.05, 0) is 43.7 Å². The van der Waals surface area contributed by atoms with Crippen molar-refractivity contribution in [1.29, 1.82) is 0 Å². The minimum Gasteiger partial charge on any atom is -0.506 e. The summed E-state index contributed by atoms with van der Waals surface area (Å²) in [5.74, 6) is 0.0181. The van der Waals surface area contributed by atoms with Crippen LogP contribution in [0.1, 0.15) is 20.8 Å². The molecule has 0 saturated carbocycles. The van der Waals surface area contributed by atoms with E-state index in [0.29, 0.717) is 5.69 Å². The van der Waals surface area contributed by atoms with E-state index < -0.39 is 11.7 Å². The largest absolute Gasteiger partial charge is 0.506 e. The molecule has 0 spiro atoms. The second kappa shape index (κ2) is 4.80. The Balaban J connectivity index is 2.25. The molecule has 100 valence electrons. The molecular weight excluding hydrogens is 242 g/mol. The molecule has 0 atom stereocenters. The number of fused-ring (bicyclic) bond motifs is 1. The van der Waals surface area contributed by atoms with E-state index in [9.17, 15) is 9.90 Å². The van der Waals surface area contributed by atoms with Crippen molar-refractivity contribution in [2.24, 2.45) is 0 Å². The van der Waals surface area contributed by atoms with Gasteiger partial charge in [0, 0.05) is 0 Å². The summed E-state index contributed by atoms with van der Waals surface area (Å²) in [7, 11) is 0. The van der Waals surface area contributed by atoms with E-state index in [-0.39, 0.29) is 5.75 Å². The molecule has 0 saturated heterocycles. The number of hydrogen-bond acceptors (Lipinski definition) is 3. The summed E-state index contributed by atoms with van der Waals surface area (Å²) >= 11 is 0. The molecule has 0 aliphatic heterocycles. The fourth-order valence-corrected chi connectivity index (χ4v) is 1.74. The number of carbonyl (C=O) groups is 1. The lowest BCUT2D eigenvalue weighted by molar-refractivity contribution is 0.0635. The van der Waals surface area contributed by atoms with Gasteiger partial charge in [0.1, 0.15) is 11.4 Å². The van der Waals surface area contributed by atoms with E-state index in [0.717, 1.165) is 10.8 Å². The van der Waals surface area contributed by atoms with Crippen LogP contribution in [0, 0.1) is 0 Å². The normalized spacial score (nSPS) is 11.3.